The summed E-state index contributed by atoms with van der Waals surface area (Å²) in [6.07, 6.45) is 3.27. The number of nitrogens with one attached hydrogen (secondary N) is 1. The number of ether oxygens (including phenoxy) is 1. The Morgan fingerprint density at radius 2 is 2.21 bits per heavy atom. The molecule has 10 heteroatoms. The molecule has 1 N–H and O–H groups in total. The number of aromatic nitrogens is 2. The molecular formula is C18H23N5O4S. The Hall–Kier alpha value is -2.75. The molecule has 0 unspecified atom stereocenters. The van der Waals surface area contributed by atoms with Crippen molar-refractivity contribution >= 4 is 34.6 Å². The van der Waals surface area contributed by atoms with E-state index in [-0.39, 0.29) is 23.4 Å². The van der Waals surface area contributed by atoms with Gasteiger partial charge in [0, 0.05) is 24.5 Å². The van der Waals surface area contributed by atoms with Crippen molar-refractivity contribution in [3.63, 3.8) is 0 Å². The molecule has 0 radical (unpaired) electrons. The van der Waals surface area contributed by atoms with Gasteiger partial charge in [0.1, 0.15) is 6.33 Å². The maximum atomic E-state index is 11.9. The fourth-order valence-electron chi connectivity index (χ4n) is 3.24. The summed E-state index contributed by atoms with van der Waals surface area (Å²) in [6.45, 7) is 3.70. The summed E-state index contributed by atoms with van der Waals surface area (Å²) < 4.78 is 5.08. The lowest BCUT2D eigenvalue weighted by Crippen LogP contribution is -2.37. The van der Waals surface area contributed by atoms with Gasteiger partial charge in [0.05, 0.1) is 17.4 Å². The first kappa shape index (κ1) is 20.0. The van der Waals surface area contributed by atoms with Crippen molar-refractivity contribution in [2.24, 2.45) is 5.92 Å². The number of rotatable bonds is 8. The number of piperidine rings is 1. The standard InChI is InChI=1S/C18H23N5O4S/c1-2-27-18(24)13-6-9-22(10-7-13)17-15(23(25)26)16(20-12-21-17)19-8-5-14-4-3-11-28-14/h3-4,11-13H,2,5-10H2,1H3,(H,19,20,21). The van der Waals surface area contributed by atoms with E-state index < -0.39 is 4.92 Å². The fraction of sp³-hybridized carbons (Fsp3) is 0.500. The highest BCUT2D eigenvalue weighted by Gasteiger charge is 2.32. The average molecular weight is 405 g/mol. The maximum Gasteiger partial charge on any atom is 0.353 e. The van der Waals surface area contributed by atoms with E-state index in [0.29, 0.717) is 44.9 Å². The summed E-state index contributed by atoms with van der Waals surface area (Å²) in [5.74, 6) is 0.149. The molecule has 1 fully saturated rings. The molecule has 150 valence electrons. The molecule has 0 atom stereocenters. The Morgan fingerprint density at radius 3 is 2.86 bits per heavy atom. The zero-order chi connectivity index (χ0) is 19.9. The second-order valence-electron chi connectivity index (χ2n) is 6.42. The number of carbonyl (C=O) groups excluding carboxylic acids is 1. The summed E-state index contributed by atoms with van der Waals surface area (Å²) in [6, 6.07) is 4.00. The first-order valence-corrected chi connectivity index (χ1v) is 10.1. The molecule has 1 aliphatic rings. The van der Waals surface area contributed by atoms with Gasteiger partial charge < -0.3 is 15.0 Å². The number of hydrogen-bond acceptors (Lipinski definition) is 9. The monoisotopic (exact) mass is 405 g/mol. The van der Waals surface area contributed by atoms with Crippen molar-refractivity contribution in [2.45, 2.75) is 26.2 Å². The van der Waals surface area contributed by atoms with Crippen LogP contribution in [0.15, 0.2) is 23.8 Å². The zero-order valence-corrected chi connectivity index (χ0v) is 16.5. The minimum atomic E-state index is -0.444. The van der Waals surface area contributed by atoms with E-state index in [1.165, 1.54) is 11.2 Å². The fourth-order valence-corrected chi connectivity index (χ4v) is 3.95. The minimum absolute atomic E-state index is 0.122. The Labute approximate surface area is 166 Å². The molecule has 0 saturated carbocycles. The molecular weight excluding hydrogens is 382 g/mol. The molecule has 3 rings (SSSR count). The van der Waals surface area contributed by atoms with Gasteiger partial charge in [0.15, 0.2) is 0 Å². The van der Waals surface area contributed by atoms with Crippen molar-refractivity contribution in [1.29, 1.82) is 0 Å². The summed E-state index contributed by atoms with van der Waals surface area (Å²) in [5.41, 5.74) is -0.122. The highest BCUT2D eigenvalue weighted by atomic mass is 32.1. The largest absolute Gasteiger partial charge is 0.466 e. The molecule has 1 aliphatic heterocycles. The summed E-state index contributed by atoms with van der Waals surface area (Å²) in [7, 11) is 0. The molecule has 0 bridgehead atoms. The van der Waals surface area contributed by atoms with Crippen molar-refractivity contribution in [2.75, 3.05) is 36.5 Å². The first-order valence-electron chi connectivity index (χ1n) is 9.27. The van der Waals surface area contributed by atoms with Crippen LogP contribution >= 0.6 is 11.3 Å². The molecule has 28 heavy (non-hydrogen) atoms. The number of hydrogen-bond donors (Lipinski definition) is 1. The normalized spacial score (nSPS) is 14.7. The van der Waals surface area contributed by atoms with Crippen LogP contribution in [0.2, 0.25) is 0 Å². The van der Waals surface area contributed by atoms with Crippen LogP contribution in [-0.4, -0.2) is 47.1 Å². The summed E-state index contributed by atoms with van der Waals surface area (Å²) in [4.78, 5) is 34.5. The van der Waals surface area contributed by atoms with Gasteiger partial charge in [-0.2, -0.15) is 0 Å². The number of nitrogens with zero attached hydrogens (tertiary/aromatic N) is 4. The Morgan fingerprint density at radius 1 is 1.43 bits per heavy atom. The minimum Gasteiger partial charge on any atom is -0.466 e. The molecule has 3 heterocycles. The smallest absolute Gasteiger partial charge is 0.353 e. The van der Waals surface area contributed by atoms with Crippen LogP contribution in [0.25, 0.3) is 0 Å². The van der Waals surface area contributed by atoms with E-state index in [0.717, 1.165) is 6.42 Å². The maximum absolute atomic E-state index is 11.9. The van der Waals surface area contributed by atoms with Gasteiger partial charge in [0.2, 0.25) is 11.6 Å². The molecule has 2 aromatic rings. The van der Waals surface area contributed by atoms with Crippen LogP contribution in [0, 0.1) is 16.0 Å². The molecule has 0 amide bonds. The second kappa shape index (κ2) is 9.45. The molecule has 0 spiro atoms. The van der Waals surface area contributed by atoms with Gasteiger partial charge >= 0.3 is 11.7 Å². The lowest BCUT2D eigenvalue weighted by Gasteiger charge is -2.31. The highest BCUT2D eigenvalue weighted by molar-refractivity contribution is 7.09. The predicted octanol–water partition coefficient (Wildman–Crippen LogP) is 2.88. The van der Waals surface area contributed by atoms with Gasteiger partial charge in [-0.05, 0) is 37.6 Å². The van der Waals surface area contributed by atoms with Gasteiger partial charge in [-0.3, -0.25) is 14.9 Å². The lowest BCUT2D eigenvalue weighted by molar-refractivity contribution is -0.383. The van der Waals surface area contributed by atoms with E-state index in [2.05, 4.69) is 15.3 Å². The molecule has 9 nitrogen and oxygen atoms in total. The Bertz CT molecular complexity index is 806. The van der Waals surface area contributed by atoms with Gasteiger partial charge in [0.25, 0.3) is 0 Å². The van der Waals surface area contributed by atoms with Crippen molar-refractivity contribution in [1.82, 2.24) is 9.97 Å². The number of nitro groups is 1. The number of esters is 1. The lowest BCUT2D eigenvalue weighted by atomic mass is 9.97. The third kappa shape index (κ3) is 4.75. The Balaban J connectivity index is 1.69. The van der Waals surface area contributed by atoms with Crippen LogP contribution in [-0.2, 0) is 16.0 Å². The van der Waals surface area contributed by atoms with E-state index in [1.807, 2.05) is 22.4 Å². The quantitative estimate of drug-likeness (QED) is 0.405. The van der Waals surface area contributed by atoms with Gasteiger partial charge in [-0.15, -0.1) is 11.3 Å². The Kier molecular flexibility index (Phi) is 6.75. The van der Waals surface area contributed by atoms with Crippen LogP contribution in [0.4, 0.5) is 17.3 Å². The van der Waals surface area contributed by atoms with E-state index in [4.69, 9.17) is 4.74 Å². The highest BCUT2D eigenvalue weighted by Crippen LogP contribution is 2.34. The number of anilines is 2. The number of carbonyl (C=O) groups is 1. The predicted molar refractivity (Wildman–Crippen MR) is 107 cm³/mol. The third-order valence-corrected chi connectivity index (χ3v) is 5.58. The average Bonchev–Trinajstić information content (AvgIpc) is 3.21. The van der Waals surface area contributed by atoms with Crippen LogP contribution in [0.5, 0.6) is 0 Å². The molecule has 1 saturated heterocycles. The van der Waals surface area contributed by atoms with Gasteiger partial charge in [-0.1, -0.05) is 6.07 Å². The van der Waals surface area contributed by atoms with Crippen molar-refractivity contribution in [3.05, 3.63) is 38.8 Å². The summed E-state index contributed by atoms with van der Waals surface area (Å²) >= 11 is 1.65. The zero-order valence-electron chi connectivity index (χ0n) is 15.7. The second-order valence-corrected chi connectivity index (χ2v) is 7.45. The molecule has 0 aromatic carbocycles. The van der Waals surface area contributed by atoms with Crippen molar-refractivity contribution < 1.29 is 14.5 Å². The van der Waals surface area contributed by atoms with E-state index >= 15 is 0 Å². The topological polar surface area (TPSA) is 110 Å². The first-order chi connectivity index (χ1) is 13.6. The van der Waals surface area contributed by atoms with E-state index in [9.17, 15) is 14.9 Å². The van der Waals surface area contributed by atoms with Gasteiger partial charge in [-0.25, -0.2) is 9.97 Å². The SMILES string of the molecule is CCOC(=O)C1CCN(c2ncnc(NCCc3cccs3)c2[N+](=O)[O-])CC1. The van der Waals surface area contributed by atoms with Crippen LogP contribution < -0.4 is 10.2 Å². The van der Waals surface area contributed by atoms with Crippen LogP contribution in [0.1, 0.15) is 24.6 Å². The number of thiophene rings is 1. The molecule has 0 aliphatic carbocycles. The van der Waals surface area contributed by atoms with Crippen LogP contribution in [0.3, 0.4) is 0 Å². The summed E-state index contributed by atoms with van der Waals surface area (Å²) in [5, 5.41) is 16.8. The molecule has 2 aromatic heterocycles. The van der Waals surface area contributed by atoms with E-state index in [1.54, 1.807) is 18.3 Å². The third-order valence-electron chi connectivity index (χ3n) is 4.64. The van der Waals surface area contributed by atoms with Crippen molar-refractivity contribution in [3.8, 4) is 0 Å².